The maximum atomic E-state index is 11.8. The van der Waals surface area contributed by atoms with Gasteiger partial charge >= 0.3 is 0 Å². The molecule has 108 valence electrons. The van der Waals surface area contributed by atoms with Crippen LogP contribution in [0, 0.1) is 5.92 Å². The smallest absolute Gasteiger partial charge is 0.237 e. The predicted octanol–water partition coefficient (Wildman–Crippen LogP) is 1.72. The predicted molar refractivity (Wildman–Crippen MR) is 73.6 cm³/mol. The fraction of sp³-hybridized carbons (Fsp3) is 0.933. The molecule has 0 aromatic rings. The van der Waals surface area contributed by atoms with Gasteiger partial charge in [-0.05, 0) is 38.0 Å². The highest BCUT2D eigenvalue weighted by atomic mass is 16.5. The van der Waals surface area contributed by atoms with Crippen LogP contribution in [-0.2, 0) is 9.53 Å². The summed E-state index contributed by atoms with van der Waals surface area (Å²) in [5, 5.41) is 3.46. The van der Waals surface area contributed by atoms with E-state index in [1.807, 2.05) is 0 Å². The summed E-state index contributed by atoms with van der Waals surface area (Å²) in [6, 6.07) is 0.515. The van der Waals surface area contributed by atoms with Crippen LogP contribution in [0.2, 0.25) is 0 Å². The van der Waals surface area contributed by atoms with E-state index in [2.05, 4.69) is 5.32 Å². The third kappa shape index (κ3) is 3.11. The van der Waals surface area contributed by atoms with E-state index in [1.165, 1.54) is 38.5 Å². The van der Waals surface area contributed by atoms with Crippen LogP contribution in [0.15, 0.2) is 0 Å². The number of rotatable bonds is 7. The van der Waals surface area contributed by atoms with Gasteiger partial charge in [0.15, 0.2) is 0 Å². The van der Waals surface area contributed by atoms with E-state index in [4.69, 9.17) is 10.5 Å². The van der Waals surface area contributed by atoms with Gasteiger partial charge in [-0.2, -0.15) is 0 Å². The molecule has 3 aliphatic carbocycles. The first-order valence-corrected chi connectivity index (χ1v) is 7.87. The van der Waals surface area contributed by atoms with Gasteiger partial charge in [0.25, 0.3) is 0 Å². The lowest BCUT2D eigenvalue weighted by Crippen LogP contribution is -2.54. The van der Waals surface area contributed by atoms with Crippen molar-refractivity contribution in [3.05, 3.63) is 0 Å². The van der Waals surface area contributed by atoms with Crippen molar-refractivity contribution in [2.75, 3.05) is 6.61 Å². The molecule has 0 bridgehead atoms. The molecule has 3 N–H and O–H groups in total. The quantitative estimate of drug-likeness (QED) is 0.737. The van der Waals surface area contributed by atoms with Crippen molar-refractivity contribution in [1.82, 2.24) is 5.32 Å². The first-order chi connectivity index (χ1) is 9.18. The molecule has 3 fully saturated rings. The number of hydrogen-bond donors (Lipinski definition) is 2. The molecule has 4 heteroatoms. The number of nitrogens with two attached hydrogens (primary N) is 1. The largest absolute Gasteiger partial charge is 0.378 e. The fourth-order valence-corrected chi connectivity index (χ4v) is 3.37. The SMILES string of the molecule is NC(=O)C1(NC2CC2)CCC(OCCC2CCC2)C1. The van der Waals surface area contributed by atoms with E-state index in [9.17, 15) is 4.79 Å². The molecule has 3 aliphatic rings. The zero-order chi connectivity index (χ0) is 13.3. The summed E-state index contributed by atoms with van der Waals surface area (Å²) in [6.07, 6.45) is 10.5. The van der Waals surface area contributed by atoms with Gasteiger partial charge in [-0.1, -0.05) is 19.3 Å². The molecule has 3 saturated carbocycles. The van der Waals surface area contributed by atoms with Gasteiger partial charge in [-0.3, -0.25) is 4.79 Å². The van der Waals surface area contributed by atoms with E-state index < -0.39 is 5.54 Å². The Morgan fingerprint density at radius 3 is 2.63 bits per heavy atom. The van der Waals surface area contributed by atoms with Gasteiger partial charge < -0.3 is 15.8 Å². The Hall–Kier alpha value is -0.610. The molecular weight excluding hydrogens is 240 g/mol. The van der Waals surface area contributed by atoms with Gasteiger partial charge in [0.2, 0.25) is 5.91 Å². The average molecular weight is 266 g/mol. The topological polar surface area (TPSA) is 64.4 Å². The van der Waals surface area contributed by atoms with Gasteiger partial charge in [0.05, 0.1) is 6.10 Å². The summed E-state index contributed by atoms with van der Waals surface area (Å²) in [6.45, 7) is 0.855. The minimum atomic E-state index is -0.484. The second kappa shape index (κ2) is 5.41. The van der Waals surface area contributed by atoms with Crippen LogP contribution in [0.25, 0.3) is 0 Å². The lowest BCUT2D eigenvalue weighted by molar-refractivity contribution is -0.124. The third-order valence-corrected chi connectivity index (χ3v) is 5.10. The molecule has 2 atom stereocenters. The summed E-state index contributed by atoms with van der Waals surface area (Å²) >= 11 is 0. The highest BCUT2D eigenvalue weighted by Gasteiger charge is 2.47. The van der Waals surface area contributed by atoms with Crippen LogP contribution < -0.4 is 11.1 Å². The number of amides is 1. The molecule has 0 radical (unpaired) electrons. The Morgan fingerprint density at radius 2 is 2.05 bits per heavy atom. The van der Waals surface area contributed by atoms with Crippen LogP contribution in [0.5, 0.6) is 0 Å². The molecule has 0 aromatic heterocycles. The molecule has 19 heavy (non-hydrogen) atoms. The van der Waals surface area contributed by atoms with Crippen molar-refractivity contribution in [3.8, 4) is 0 Å². The molecule has 0 aliphatic heterocycles. The second-order valence-electron chi connectivity index (χ2n) is 6.69. The lowest BCUT2D eigenvalue weighted by atomic mass is 9.83. The fourth-order valence-electron chi connectivity index (χ4n) is 3.37. The molecule has 0 spiro atoms. The summed E-state index contributed by atoms with van der Waals surface area (Å²) < 4.78 is 5.97. The highest BCUT2D eigenvalue weighted by Crippen LogP contribution is 2.36. The van der Waals surface area contributed by atoms with Crippen LogP contribution in [0.1, 0.15) is 57.8 Å². The van der Waals surface area contributed by atoms with Crippen molar-refractivity contribution >= 4 is 5.91 Å². The monoisotopic (exact) mass is 266 g/mol. The average Bonchev–Trinajstić information content (AvgIpc) is 3.02. The Balaban J connectivity index is 1.44. The van der Waals surface area contributed by atoms with Gasteiger partial charge in [-0.25, -0.2) is 0 Å². The number of nitrogens with one attached hydrogen (secondary N) is 1. The van der Waals surface area contributed by atoms with Gasteiger partial charge in [0, 0.05) is 19.1 Å². The molecule has 0 heterocycles. The summed E-state index contributed by atoms with van der Waals surface area (Å²) in [4.78, 5) is 11.8. The Bertz CT molecular complexity index is 339. The van der Waals surface area contributed by atoms with Crippen molar-refractivity contribution < 1.29 is 9.53 Å². The summed E-state index contributed by atoms with van der Waals surface area (Å²) in [5.74, 6) is 0.705. The van der Waals surface area contributed by atoms with E-state index in [0.29, 0.717) is 6.04 Å². The molecule has 0 saturated heterocycles. The zero-order valence-electron chi connectivity index (χ0n) is 11.7. The number of primary amides is 1. The van der Waals surface area contributed by atoms with Crippen LogP contribution >= 0.6 is 0 Å². The maximum Gasteiger partial charge on any atom is 0.237 e. The van der Waals surface area contributed by atoms with Crippen LogP contribution in [0.3, 0.4) is 0 Å². The van der Waals surface area contributed by atoms with Crippen LogP contribution in [0.4, 0.5) is 0 Å². The van der Waals surface area contributed by atoms with Gasteiger partial charge in [-0.15, -0.1) is 0 Å². The molecular formula is C15H26N2O2. The molecule has 0 aromatic carbocycles. The number of carbonyl (C=O) groups is 1. The minimum absolute atomic E-state index is 0.190. The lowest BCUT2D eigenvalue weighted by Gasteiger charge is -2.28. The summed E-state index contributed by atoms with van der Waals surface area (Å²) in [7, 11) is 0. The minimum Gasteiger partial charge on any atom is -0.378 e. The van der Waals surface area contributed by atoms with Gasteiger partial charge in [0.1, 0.15) is 5.54 Å². The standard InChI is InChI=1S/C15H26N2O2/c16-14(18)15(17-12-4-5-12)8-6-13(10-15)19-9-7-11-2-1-3-11/h11-13,17H,1-10H2,(H2,16,18). The highest BCUT2D eigenvalue weighted by molar-refractivity contribution is 5.85. The number of ether oxygens (including phenoxy) is 1. The van der Waals surface area contributed by atoms with Crippen molar-refractivity contribution in [3.63, 3.8) is 0 Å². The maximum absolute atomic E-state index is 11.8. The van der Waals surface area contributed by atoms with Crippen molar-refractivity contribution in [2.45, 2.75) is 75.5 Å². The van der Waals surface area contributed by atoms with E-state index in [-0.39, 0.29) is 12.0 Å². The number of hydrogen-bond acceptors (Lipinski definition) is 3. The van der Waals surface area contributed by atoms with Crippen molar-refractivity contribution in [2.24, 2.45) is 11.7 Å². The molecule has 3 rings (SSSR count). The third-order valence-electron chi connectivity index (χ3n) is 5.10. The zero-order valence-corrected chi connectivity index (χ0v) is 11.7. The van der Waals surface area contributed by atoms with E-state index in [0.717, 1.165) is 31.8 Å². The molecule has 1 amide bonds. The Labute approximate surface area is 115 Å². The molecule has 2 unspecified atom stereocenters. The summed E-state index contributed by atoms with van der Waals surface area (Å²) in [5.41, 5.74) is 5.14. The van der Waals surface area contributed by atoms with Crippen molar-refractivity contribution in [1.29, 1.82) is 0 Å². The Kier molecular flexibility index (Phi) is 3.81. The number of carbonyl (C=O) groups excluding carboxylic acids is 1. The molecule has 4 nitrogen and oxygen atoms in total. The van der Waals surface area contributed by atoms with E-state index >= 15 is 0 Å². The second-order valence-corrected chi connectivity index (χ2v) is 6.69. The first-order valence-electron chi connectivity index (χ1n) is 7.87. The normalized spacial score (nSPS) is 35.3. The first kappa shape index (κ1) is 13.4. The van der Waals surface area contributed by atoms with E-state index in [1.54, 1.807) is 0 Å². The van der Waals surface area contributed by atoms with Crippen LogP contribution in [-0.4, -0.2) is 30.2 Å². The Morgan fingerprint density at radius 1 is 1.26 bits per heavy atom.